The van der Waals surface area contributed by atoms with Gasteiger partial charge in [0, 0.05) is 6.42 Å². The Balaban J connectivity index is 4.33. The molecule has 0 aliphatic rings. The van der Waals surface area contributed by atoms with Crippen LogP contribution in [0.2, 0.25) is 0 Å². The molecule has 0 aliphatic carbocycles. The fraction of sp³-hybridized carbons (Fsp3) is 0.667. The Morgan fingerprint density at radius 3 is 2.47 bits per heavy atom. The number of amides is 2. The van der Waals surface area contributed by atoms with E-state index in [9.17, 15) is 14.4 Å². The first-order valence-corrected chi connectivity index (χ1v) is 5.48. The molecule has 0 aliphatic heterocycles. The summed E-state index contributed by atoms with van der Waals surface area (Å²) in [5, 5.41) is 2.23. The highest BCUT2D eigenvalue weighted by Crippen LogP contribution is 2.01. The fourth-order valence-corrected chi connectivity index (χ4v) is 1.11. The first-order chi connectivity index (χ1) is 8.01. The summed E-state index contributed by atoms with van der Waals surface area (Å²) >= 11 is 5.17. The van der Waals surface area contributed by atoms with Crippen LogP contribution in [0.15, 0.2) is 0 Å². The minimum atomic E-state index is -0.974. The maximum Gasteiger partial charge on any atom is 0.409 e. The Bertz CT molecular complexity index is 285. The number of nitrogens with one attached hydrogen (secondary N) is 1. The number of esters is 1. The van der Waals surface area contributed by atoms with Gasteiger partial charge in [-0.2, -0.15) is 0 Å². The zero-order valence-electron chi connectivity index (χ0n) is 9.40. The highest BCUT2D eigenvalue weighted by molar-refractivity contribution is 6.17. The molecule has 0 aromatic heterocycles. The third-order valence-corrected chi connectivity index (χ3v) is 1.84. The molecule has 2 amide bonds. The number of halogens is 1. The van der Waals surface area contributed by atoms with Gasteiger partial charge in [-0.05, 0) is 13.3 Å². The van der Waals surface area contributed by atoms with Gasteiger partial charge in [-0.15, -0.1) is 0 Å². The maximum atomic E-state index is 11.4. The smallest absolute Gasteiger partial charge is 0.409 e. The Kier molecular flexibility index (Phi) is 7.87. The summed E-state index contributed by atoms with van der Waals surface area (Å²) in [6.07, 6.45) is -0.863. The lowest BCUT2D eigenvalue weighted by Crippen LogP contribution is -2.42. The van der Waals surface area contributed by atoms with Crippen molar-refractivity contribution in [2.75, 3.05) is 12.7 Å². The van der Waals surface area contributed by atoms with E-state index in [-0.39, 0.29) is 25.5 Å². The molecule has 0 unspecified atom stereocenters. The Labute approximate surface area is 104 Å². The monoisotopic (exact) mass is 266 g/mol. The van der Waals surface area contributed by atoms with E-state index in [2.05, 4.69) is 10.1 Å². The third kappa shape index (κ3) is 7.40. The van der Waals surface area contributed by atoms with Crippen molar-refractivity contribution < 1.29 is 23.9 Å². The van der Waals surface area contributed by atoms with Gasteiger partial charge in [0.05, 0.1) is 6.61 Å². The van der Waals surface area contributed by atoms with Gasteiger partial charge >= 0.3 is 12.1 Å². The number of primary amides is 1. The molecule has 0 bridgehead atoms. The second-order valence-electron chi connectivity index (χ2n) is 2.99. The molecule has 0 spiro atoms. The molecule has 3 N–H and O–H groups in total. The zero-order chi connectivity index (χ0) is 13.3. The van der Waals surface area contributed by atoms with Gasteiger partial charge in [-0.3, -0.25) is 4.79 Å². The van der Waals surface area contributed by atoms with Crippen LogP contribution in [0.1, 0.15) is 19.8 Å². The van der Waals surface area contributed by atoms with Crippen molar-refractivity contribution in [1.82, 2.24) is 5.32 Å². The third-order valence-electron chi connectivity index (χ3n) is 1.73. The van der Waals surface area contributed by atoms with Crippen LogP contribution >= 0.6 is 11.6 Å². The molecule has 0 saturated carbocycles. The Morgan fingerprint density at radius 1 is 1.35 bits per heavy atom. The number of rotatable bonds is 7. The molecular weight excluding hydrogens is 252 g/mol. The molecule has 0 saturated heterocycles. The van der Waals surface area contributed by atoms with E-state index in [0.29, 0.717) is 0 Å². The van der Waals surface area contributed by atoms with Crippen LogP contribution in [-0.4, -0.2) is 36.7 Å². The first kappa shape index (κ1) is 15.5. The predicted molar refractivity (Wildman–Crippen MR) is 59.2 cm³/mol. The van der Waals surface area contributed by atoms with Crippen molar-refractivity contribution >= 4 is 29.6 Å². The van der Waals surface area contributed by atoms with Gasteiger partial charge in [-0.1, -0.05) is 11.6 Å². The van der Waals surface area contributed by atoms with Crippen LogP contribution in [0.25, 0.3) is 0 Å². The van der Waals surface area contributed by atoms with Gasteiger partial charge in [0.25, 0.3) is 0 Å². The number of alkyl carbamates (subject to hydrolysis) is 1. The van der Waals surface area contributed by atoms with Crippen molar-refractivity contribution in [2.45, 2.75) is 25.8 Å². The van der Waals surface area contributed by atoms with E-state index >= 15 is 0 Å². The number of ether oxygens (including phenoxy) is 2. The molecule has 0 heterocycles. The summed E-state index contributed by atoms with van der Waals surface area (Å²) in [5.74, 6) is -1.23. The van der Waals surface area contributed by atoms with Gasteiger partial charge in [0.2, 0.25) is 5.91 Å². The van der Waals surface area contributed by atoms with Crippen LogP contribution < -0.4 is 11.1 Å². The number of carbonyl (C=O) groups is 3. The lowest BCUT2D eigenvalue weighted by atomic mass is 10.1. The standard InChI is InChI=1S/C9H15ClN2O5/c1-2-16-8(14)6(3-4-7(11)13)12-9(15)17-5-10/h6H,2-5H2,1H3,(H2,11,13)(H,12,15)/t6-/m0/s1. The van der Waals surface area contributed by atoms with Crippen LogP contribution in [0.5, 0.6) is 0 Å². The van der Waals surface area contributed by atoms with Crippen LogP contribution in [0.3, 0.4) is 0 Å². The first-order valence-electron chi connectivity index (χ1n) is 4.95. The van der Waals surface area contributed by atoms with Crippen molar-refractivity contribution in [3.05, 3.63) is 0 Å². The molecule has 17 heavy (non-hydrogen) atoms. The second-order valence-corrected chi connectivity index (χ2v) is 3.21. The molecule has 0 aromatic carbocycles. The van der Waals surface area contributed by atoms with Crippen LogP contribution in [0.4, 0.5) is 4.79 Å². The van der Waals surface area contributed by atoms with Crippen molar-refractivity contribution in [3.8, 4) is 0 Å². The second kappa shape index (κ2) is 8.63. The van der Waals surface area contributed by atoms with E-state index in [1.165, 1.54) is 0 Å². The summed E-state index contributed by atoms with van der Waals surface area (Å²) in [4.78, 5) is 33.1. The lowest BCUT2D eigenvalue weighted by Gasteiger charge is -2.15. The van der Waals surface area contributed by atoms with E-state index in [1.54, 1.807) is 6.92 Å². The molecule has 8 heteroatoms. The van der Waals surface area contributed by atoms with E-state index in [0.717, 1.165) is 0 Å². The van der Waals surface area contributed by atoms with E-state index < -0.39 is 24.0 Å². The Morgan fingerprint density at radius 2 is 2.00 bits per heavy atom. The molecule has 0 aromatic rings. The van der Waals surface area contributed by atoms with E-state index in [4.69, 9.17) is 22.1 Å². The largest absolute Gasteiger partial charge is 0.464 e. The van der Waals surface area contributed by atoms with Gasteiger partial charge < -0.3 is 20.5 Å². The van der Waals surface area contributed by atoms with Gasteiger partial charge in [0.1, 0.15) is 6.04 Å². The zero-order valence-corrected chi connectivity index (χ0v) is 10.2. The number of hydrogen-bond acceptors (Lipinski definition) is 5. The average Bonchev–Trinajstić information content (AvgIpc) is 2.24. The molecule has 0 fully saturated rings. The van der Waals surface area contributed by atoms with Crippen molar-refractivity contribution in [2.24, 2.45) is 5.73 Å². The Hall–Kier alpha value is -1.50. The minimum absolute atomic E-state index is 0.0472. The summed E-state index contributed by atoms with van der Waals surface area (Å²) in [6, 6.07) is -1.31. The van der Waals surface area contributed by atoms with Gasteiger partial charge in [-0.25, -0.2) is 9.59 Å². The number of nitrogens with two attached hydrogens (primary N) is 1. The molecule has 7 nitrogen and oxygen atoms in total. The van der Waals surface area contributed by atoms with Crippen LogP contribution in [0, 0.1) is 0 Å². The quantitative estimate of drug-likeness (QED) is 0.502. The predicted octanol–water partition coefficient (Wildman–Crippen LogP) is 0.106. The topological polar surface area (TPSA) is 108 Å². The molecule has 0 radical (unpaired) electrons. The molecule has 0 rings (SSSR count). The highest BCUT2D eigenvalue weighted by atomic mass is 35.5. The highest BCUT2D eigenvalue weighted by Gasteiger charge is 2.23. The molecule has 98 valence electrons. The normalized spacial score (nSPS) is 11.4. The van der Waals surface area contributed by atoms with Gasteiger partial charge in [0.15, 0.2) is 6.07 Å². The molecule has 1 atom stereocenters. The van der Waals surface area contributed by atoms with Crippen molar-refractivity contribution in [1.29, 1.82) is 0 Å². The SMILES string of the molecule is CCOC(=O)[C@H](CCC(N)=O)NC(=O)OCCl. The van der Waals surface area contributed by atoms with E-state index in [1.807, 2.05) is 0 Å². The molecular formula is C9H15ClN2O5. The van der Waals surface area contributed by atoms with Crippen molar-refractivity contribution in [3.63, 3.8) is 0 Å². The maximum absolute atomic E-state index is 11.4. The summed E-state index contributed by atoms with van der Waals surface area (Å²) in [5.41, 5.74) is 4.95. The van der Waals surface area contributed by atoms with Crippen LogP contribution in [-0.2, 0) is 19.1 Å². The lowest BCUT2D eigenvalue weighted by molar-refractivity contribution is -0.145. The summed E-state index contributed by atoms with van der Waals surface area (Å²) in [6.45, 7) is 1.79. The number of carbonyl (C=O) groups excluding carboxylic acids is 3. The average molecular weight is 267 g/mol. The minimum Gasteiger partial charge on any atom is -0.464 e. The summed E-state index contributed by atoms with van der Waals surface area (Å²) in [7, 11) is 0. The number of hydrogen-bond donors (Lipinski definition) is 2. The number of alkyl halides is 1. The summed E-state index contributed by atoms with van der Waals surface area (Å²) < 4.78 is 9.12. The fourth-order valence-electron chi connectivity index (χ4n) is 1.01.